The van der Waals surface area contributed by atoms with Crippen molar-refractivity contribution in [2.24, 2.45) is 0 Å². The molecule has 0 spiro atoms. The summed E-state index contributed by atoms with van der Waals surface area (Å²) in [5.74, 6) is 6.24. The Morgan fingerprint density at radius 3 is 2.83 bits per heavy atom. The van der Waals surface area contributed by atoms with E-state index in [0.29, 0.717) is 25.6 Å². The molecule has 0 radical (unpaired) electrons. The van der Waals surface area contributed by atoms with E-state index in [4.69, 9.17) is 4.74 Å². The molecule has 2 nitrogen and oxygen atoms in total. The number of benzene rings is 1. The monoisotopic (exact) mass is 249 g/mol. The van der Waals surface area contributed by atoms with Gasteiger partial charge in [-0.2, -0.15) is 0 Å². The largest absolute Gasteiger partial charge is 0.492 e. The second-order valence-electron chi connectivity index (χ2n) is 4.31. The first-order valence-corrected chi connectivity index (χ1v) is 6.17. The van der Waals surface area contributed by atoms with Crippen molar-refractivity contribution in [1.82, 2.24) is 5.32 Å². The SMILES string of the molecule is CC#CCCOc1ccc(F)cc1CNC(C)C. The van der Waals surface area contributed by atoms with Crippen LogP contribution in [0.2, 0.25) is 0 Å². The van der Waals surface area contributed by atoms with E-state index in [1.165, 1.54) is 12.1 Å². The standard InChI is InChI=1S/C15H20FNO/c1-4-5-6-9-18-15-8-7-14(16)10-13(15)11-17-12(2)3/h7-8,10,12,17H,6,9,11H2,1-3H3. The van der Waals surface area contributed by atoms with Crippen LogP contribution in [0.25, 0.3) is 0 Å². The molecule has 0 heterocycles. The van der Waals surface area contributed by atoms with Crippen molar-refractivity contribution in [2.75, 3.05) is 6.61 Å². The van der Waals surface area contributed by atoms with Gasteiger partial charge in [0.15, 0.2) is 0 Å². The Bertz CT molecular complexity index is 432. The van der Waals surface area contributed by atoms with E-state index in [0.717, 1.165) is 11.3 Å². The molecule has 0 fully saturated rings. The van der Waals surface area contributed by atoms with Crippen molar-refractivity contribution in [3.05, 3.63) is 29.6 Å². The minimum atomic E-state index is -0.240. The topological polar surface area (TPSA) is 21.3 Å². The lowest BCUT2D eigenvalue weighted by molar-refractivity contribution is 0.321. The molecule has 18 heavy (non-hydrogen) atoms. The highest BCUT2D eigenvalue weighted by Crippen LogP contribution is 2.20. The lowest BCUT2D eigenvalue weighted by atomic mass is 10.2. The molecule has 3 heteroatoms. The molecular formula is C15H20FNO. The molecule has 0 aliphatic carbocycles. The number of halogens is 1. The predicted molar refractivity (Wildman–Crippen MR) is 71.9 cm³/mol. The third kappa shape index (κ3) is 5.20. The van der Waals surface area contributed by atoms with Gasteiger partial charge < -0.3 is 10.1 Å². The van der Waals surface area contributed by atoms with Crippen LogP contribution in [-0.4, -0.2) is 12.6 Å². The smallest absolute Gasteiger partial charge is 0.124 e. The molecule has 98 valence electrons. The van der Waals surface area contributed by atoms with Crippen molar-refractivity contribution in [1.29, 1.82) is 0 Å². The van der Waals surface area contributed by atoms with Crippen molar-refractivity contribution >= 4 is 0 Å². The fourth-order valence-corrected chi connectivity index (χ4v) is 1.48. The Morgan fingerprint density at radius 2 is 2.17 bits per heavy atom. The van der Waals surface area contributed by atoms with Crippen LogP contribution in [0.3, 0.4) is 0 Å². The molecule has 0 amide bonds. The van der Waals surface area contributed by atoms with Gasteiger partial charge in [0, 0.05) is 24.6 Å². The maximum Gasteiger partial charge on any atom is 0.124 e. The number of rotatable bonds is 6. The first-order chi connectivity index (χ1) is 8.63. The number of ether oxygens (including phenoxy) is 1. The van der Waals surface area contributed by atoms with Gasteiger partial charge in [-0.1, -0.05) is 13.8 Å². The summed E-state index contributed by atoms with van der Waals surface area (Å²) in [6.07, 6.45) is 0.685. The summed E-state index contributed by atoms with van der Waals surface area (Å²) >= 11 is 0. The van der Waals surface area contributed by atoms with Crippen LogP contribution in [-0.2, 0) is 6.54 Å². The molecule has 0 aliphatic heterocycles. The van der Waals surface area contributed by atoms with Crippen LogP contribution >= 0.6 is 0 Å². The highest BCUT2D eigenvalue weighted by Gasteiger charge is 2.06. The molecule has 1 N–H and O–H groups in total. The maximum atomic E-state index is 13.2. The van der Waals surface area contributed by atoms with Gasteiger partial charge in [0.25, 0.3) is 0 Å². The van der Waals surface area contributed by atoms with E-state index in [2.05, 4.69) is 31.0 Å². The third-order valence-corrected chi connectivity index (χ3v) is 2.38. The van der Waals surface area contributed by atoms with Gasteiger partial charge in [-0.25, -0.2) is 4.39 Å². The van der Waals surface area contributed by atoms with Crippen LogP contribution in [0, 0.1) is 17.7 Å². The van der Waals surface area contributed by atoms with Gasteiger partial charge in [0.05, 0.1) is 6.61 Å². The summed E-state index contributed by atoms with van der Waals surface area (Å²) in [7, 11) is 0. The first kappa shape index (κ1) is 14.5. The minimum Gasteiger partial charge on any atom is -0.492 e. The van der Waals surface area contributed by atoms with Crippen LogP contribution in [0.4, 0.5) is 4.39 Å². The number of nitrogens with one attached hydrogen (secondary N) is 1. The summed E-state index contributed by atoms with van der Waals surface area (Å²) in [6.45, 7) is 7.04. The van der Waals surface area contributed by atoms with Gasteiger partial charge in [-0.05, 0) is 25.1 Å². The Morgan fingerprint density at radius 1 is 1.39 bits per heavy atom. The third-order valence-electron chi connectivity index (χ3n) is 2.38. The molecule has 0 aromatic heterocycles. The molecule has 0 saturated carbocycles. The van der Waals surface area contributed by atoms with E-state index >= 15 is 0 Å². The highest BCUT2D eigenvalue weighted by atomic mass is 19.1. The van der Waals surface area contributed by atoms with Gasteiger partial charge in [-0.3, -0.25) is 0 Å². The molecule has 1 rings (SSSR count). The fourth-order valence-electron chi connectivity index (χ4n) is 1.48. The summed E-state index contributed by atoms with van der Waals surface area (Å²) in [6, 6.07) is 4.95. The minimum absolute atomic E-state index is 0.240. The highest BCUT2D eigenvalue weighted by molar-refractivity contribution is 5.34. The number of hydrogen-bond donors (Lipinski definition) is 1. The van der Waals surface area contributed by atoms with E-state index in [1.807, 2.05) is 0 Å². The van der Waals surface area contributed by atoms with Gasteiger partial charge >= 0.3 is 0 Å². The van der Waals surface area contributed by atoms with Crippen LogP contribution in [0.5, 0.6) is 5.75 Å². The fraction of sp³-hybridized carbons (Fsp3) is 0.467. The van der Waals surface area contributed by atoms with E-state index in [1.54, 1.807) is 13.0 Å². The Balaban J connectivity index is 2.65. The van der Waals surface area contributed by atoms with Crippen molar-refractivity contribution in [3.63, 3.8) is 0 Å². The van der Waals surface area contributed by atoms with Crippen molar-refractivity contribution in [2.45, 2.75) is 39.8 Å². The Hall–Kier alpha value is -1.53. The average molecular weight is 249 g/mol. The molecule has 1 aromatic rings. The maximum absolute atomic E-state index is 13.2. The Kier molecular flexibility index (Phi) is 6.24. The lowest BCUT2D eigenvalue weighted by Gasteiger charge is -2.13. The van der Waals surface area contributed by atoms with E-state index in [-0.39, 0.29) is 5.82 Å². The molecule has 0 aliphatic rings. The zero-order valence-electron chi connectivity index (χ0n) is 11.2. The normalized spacial score (nSPS) is 10.1. The first-order valence-electron chi connectivity index (χ1n) is 6.17. The van der Waals surface area contributed by atoms with Crippen LogP contribution < -0.4 is 10.1 Å². The molecule has 0 unspecified atom stereocenters. The number of hydrogen-bond acceptors (Lipinski definition) is 2. The van der Waals surface area contributed by atoms with Crippen LogP contribution in [0.15, 0.2) is 18.2 Å². The summed E-state index contributed by atoms with van der Waals surface area (Å²) in [5, 5.41) is 3.26. The van der Waals surface area contributed by atoms with E-state index < -0.39 is 0 Å². The predicted octanol–water partition coefficient (Wildman–Crippen LogP) is 3.12. The van der Waals surface area contributed by atoms with Gasteiger partial charge in [0.1, 0.15) is 11.6 Å². The molecule has 1 aromatic carbocycles. The van der Waals surface area contributed by atoms with Crippen LogP contribution in [0.1, 0.15) is 32.8 Å². The van der Waals surface area contributed by atoms with Crippen molar-refractivity contribution in [3.8, 4) is 17.6 Å². The Labute approximate surface area is 109 Å². The molecule has 0 saturated heterocycles. The molecule has 0 atom stereocenters. The lowest BCUT2D eigenvalue weighted by Crippen LogP contribution is -2.22. The summed E-state index contributed by atoms with van der Waals surface area (Å²) < 4.78 is 18.8. The second kappa shape index (κ2) is 7.73. The molecule has 0 bridgehead atoms. The van der Waals surface area contributed by atoms with Gasteiger partial charge in [-0.15, -0.1) is 11.8 Å². The van der Waals surface area contributed by atoms with Crippen molar-refractivity contribution < 1.29 is 9.13 Å². The quantitative estimate of drug-likeness (QED) is 0.618. The average Bonchev–Trinajstić information content (AvgIpc) is 2.34. The zero-order chi connectivity index (χ0) is 13.4. The zero-order valence-corrected chi connectivity index (χ0v) is 11.2. The molecular weight excluding hydrogens is 229 g/mol. The van der Waals surface area contributed by atoms with E-state index in [9.17, 15) is 4.39 Å². The summed E-state index contributed by atoms with van der Waals surface area (Å²) in [4.78, 5) is 0. The van der Waals surface area contributed by atoms with Gasteiger partial charge in [0.2, 0.25) is 0 Å². The summed E-state index contributed by atoms with van der Waals surface area (Å²) in [5.41, 5.74) is 0.841. The second-order valence-corrected chi connectivity index (χ2v) is 4.31.